The summed E-state index contributed by atoms with van der Waals surface area (Å²) in [6.07, 6.45) is 0. The first-order chi connectivity index (χ1) is 9.77. The minimum absolute atomic E-state index is 0.199. The van der Waals surface area contributed by atoms with Crippen molar-refractivity contribution >= 4 is 21.7 Å². The van der Waals surface area contributed by atoms with E-state index in [0.29, 0.717) is 12.4 Å². The fourth-order valence-corrected chi connectivity index (χ4v) is 2.36. The highest BCUT2D eigenvalue weighted by Crippen LogP contribution is 2.27. The lowest BCUT2D eigenvalue weighted by Gasteiger charge is -2.15. The number of sulfonamides is 1. The van der Waals surface area contributed by atoms with Crippen molar-refractivity contribution in [2.45, 2.75) is 19.1 Å². The van der Waals surface area contributed by atoms with Crippen LogP contribution in [0.5, 0.6) is 5.75 Å². The number of anilines is 1. The topological polar surface area (TPSA) is 102 Å². The van der Waals surface area contributed by atoms with Gasteiger partial charge in [0.2, 0.25) is 10.0 Å². The van der Waals surface area contributed by atoms with Crippen LogP contribution in [0.3, 0.4) is 0 Å². The summed E-state index contributed by atoms with van der Waals surface area (Å²) in [6, 6.07) is 4.90. The molecule has 0 fully saturated rings. The van der Waals surface area contributed by atoms with Gasteiger partial charge in [-0.15, -0.1) is 0 Å². The van der Waals surface area contributed by atoms with E-state index in [4.69, 9.17) is 14.6 Å². The molecule has 1 aromatic rings. The fraction of sp³-hybridized carbons (Fsp3) is 0.462. The number of carboxylic acid groups (broad SMARTS) is 1. The van der Waals surface area contributed by atoms with Gasteiger partial charge in [-0.1, -0.05) is 6.07 Å². The van der Waals surface area contributed by atoms with Gasteiger partial charge in [0.25, 0.3) is 0 Å². The first kappa shape index (κ1) is 17.3. The molecule has 0 aromatic heterocycles. The number of methoxy groups -OCH3 is 1. The molecule has 118 valence electrons. The van der Waals surface area contributed by atoms with Gasteiger partial charge in [-0.3, -0.25) is 9.52 Å². The third kappa shape index (κ3) is 4.91. The molecule has 1 rings (SSSR count). The normalized spacial score (nSPS) is 12.7. The lowest BCUT2D eigenvalue weighted by molar-refractivity contribution is -0.136. The Bertz CT molecular complexity index is 599. The predicted molar refractivity (Wildman–Crippen MR) is 78.2 cm³/mol. The van der Waals surface area contributed by atoms with Crippen molar-refractivity contribution < 1.29 is 27.8 Å². The number of rotatable bonds is 8. The minimum Gasteiger partial charge on any atom is -0.489 e. The number of hydrogen-bond donors (Lipinski definition) is 2. The third-order valence-electron chi connectivity index (χ3n) is 2.75. The summed E-state index contributed by atoms with van der Waals surface area (Å²) in [4.78, 5) is 10.8. The average molecular weight is 317 g/mol. The van der Waals surface area contributed by atoms with Crippen LogP contribution in [0, 0.1) is 6.92 Å². The Morgan fingerprint density at radius 1 is 1.38 bits per heavy atom. The van der Waals surface area contributed by atoms with Crippen LogP contribution in [-0.2, 0) is 19.6 Å². The lowest BCUT2D eigenvalue weighted by atomic mass is 10.2. The molecule has 21 heavy (non-hydrogen) atoms. The van der Waals surface area contributed by atoms with E-state index in [1.807, 2.05) is 6.92 Å². The molecule has 2 N–H and O–H groups in total. The van der Waals surface area contributed by atoms with Crippen LogP contribution in [0.1, 0.15) is 12.5 Å². The van der Waals surface area contributed by atoms with Gasteiger partial charge < -0.3 is 14.6 Å². The Hall–Kier alpha value is -1.80. The van der Waals surface area contributed by atoms with E-state index < -0.39 is 21.2 Å². The molecule has 1 unspecified atom stereocenters. The molecule has 8 heteroatoms. The quantitative estimate of drug-likeness (QED) is 0.699. The molecule has 0 aliphatic heterocycles. The second kappa shape index (κ2) is 7.28. The van der Waals surface area contributed by atoms with Crippen LogP contribution < -0.4 is 9.46 Å². The number of nitrogens with one attached hydrogen (secondary N) is 1. The van der Waals surface area contributed by atoms with Gasteiger partial charge in [-0.2, -0.15) is 0 Å². The van der Waals surface area contributed by atoms with Crippen LogP contribution >= 0.6 is 0 Å². The molecule has 0 saturated heterocycles. The number of ether oxygens (including phenoxy) is 2. The van der Waals surface area contributed by atoms with Crippen molar-refractivity contribution in [3.8, 4) is 5.75 Å². The maximum Gasteiger partial charge on any atom is 0.323 e. The Morgan fingerprint density at radius 3 is 2.62 bits per heavy atom. The van der Waals surface area contributed by atoms with Gasteiger partial charge >= 0.3 is 5.97 Å². The molecule has 0 heterocycles. The lowest BCUT2D eigenvalue weighted by Crippen LogP contribution is -2.32. The van der Waals surface area contributed by atoms with Crippen LogP contribution in [-0.4, -0.2) is 45.1 Å². The van der Waals surface area contributed by atoms with E-state index in [1.165, 1.54) is 13.2 Å². The maximum absolute atomic E-state index is 11.9. The average Bonchev–Trinajstić information content (AvgIpc) is 2.40. The Kier molecular flexibility index (Phi) is 5.98. The second-order valence-corrected chi connectivity index (χ2v) is 6.47. The van der Waals surface area contributed by atoms with E-state index in [1.54, 1.807) is 12.1 Å². The molecule has 0 amide bonds. The van der Waals surface area contributed by atoms with E-state index >= 15 is 0 Å². The predicted octanol–water partition coefficient (Wildman–Crippen LogP) is 1.24. The number of aliphatic carboxylic acids is 1. The Morgan fingerprint density at radius 2 is 2.05 bits per heavy atom. The monoisotopic (exact) mass is 317 g/mol. The fourth-order valence-electron chi connectivity index (χ4n) is 1.44. The zero-order chi connectivity index (χ0) is 16.0. The highest BCUT2D eigenvalue weighted by molar-refractivity contribution is 7.94. The van der Waals surface area contributed by atoms with Gasteiger partial charge in [0, 0.05) is 7.11 Å². The molecule has 1 atom stereocenters. The molecule has 0 bridgehead atoms. The summed E-state index contributed by atoms with van der Waals surface area (Å²) in [5.74, 6) is -1.09. The SMILES string of the molecule is COCCOc1cc(C)ccc1NS(=O)(=O)C(C)C(=O)O. The molecule has 0 radical (unpaired) electrons. The molecule has 0 spiro atoms. The maximum atomic E-state index is 11.9. The number of carbonyl (C=O) groups is 1. The van der Waals surface area contributed by atoms with Crippen molar-refractivity contribution in [2.24, 2.45) is 0 Å². The highest BCUT2D eigenvalue weighted by Gasteiger charge is 2.28. The molecule has 0 aliphatic rings. The Balaban J connectivity index is 2.99. The van der Waals surface area contributed by atoms with Crippen LogP contribution in [0.15, 0.2) is 18.2 Å². The number of hydrogen-bond acceptors (Lipinski definition) is 5. The smallest absolute Gasteiger partial charge is 0.323 e. The largest absolute Gasteiger partial charge is 0.489 e. The molecule has 0 saturated carbocycles. The molecular formula is C13H19NO6S. The van der Waals surface area contributed by atoms with Gasteiger partial charge in [0.1, 0.15) is 12.4 Å². The van der Waals surface area contributed by atoms with E-state index in [0.717, 1.165) is 12.5 Å². The first-order valence-electron chi connectivity index (χ1n) is 6.24. The summed E-state index contributed by atoms with van der Waals surface area (Å²) in [7, 11) is -2.51. The molecule has 0 aliphatic carbocycles. The van der Waals surface area contributed by atoms with Crippen LogP contribution in [0.25, 0.3) is 0 Å². The summed E-state index contributed by atoms with van der Waals surface area (Å²) >= 11 is 0. The summed E-state index contributed by atoms with van der Waals surface area (Å²) in [6.45, 7) is 3.54. The van der Waals surface area contributed by atoms with Crippen molar-refractivity contribution in [1.29, 1.82) is 0 Å². The number of carboxylic acids is 1. The van der Waals surface area contributed by atoms with Crippen molar-refractivity contribution in [3.63, 3.8) is 0 Å². The van der Waals surface area contributed by atoms with Crippen molar-refractivity contribution in [1.82, 2.24) is 0 Å². The number of aryl methyl sites for hydroxylation is 1. The van der Waals surface area contributed by atoms with Crippen LogP contribution in [0.4, 0.5) is 5.69 Å². The molecular weight excluding hydrogens is 298 g/mol. The molecule has 7 nitrogen and oxygen atoms in total. The van der Waals surface area contributed by atoms with Gasteiger partial charge in [0.05, 0.1) is 12.3 Å². The highest BCUT2D eigenvalue weighted by atomic mass is 32.2. The zero-order valence-electron chi connectivity index (χ0n) is 12.1. The number of benzene rings is 1. The molecule has 1 aromatic carbocycles. The first-order valence-corrected chi connectivity index (χ1v) is 7.79. The van der Waals surface area contributed by atoms with Crippen molar-refractivity contribution in [3.05, 3.63) is 23.8 Å². The van der Waals surface area contributed by atoms with E-state index in [-0.39, 0.29) is 12.3 Å². The van der Waals surface area contributed by atoms with Gasteiger partial charge in [-0.25, -0.2) is 8.42 Å². The zero-order valence-corrected chi connectivity index (χ0v) is 12.9. The van der Waals surface area contributed by atoms with Crippen molar-refractivity contribution in [2.75, 3.05) is 25.0 Å². The van der Waals surface area contributed by atoms with E-state index in [2.05, 4.69) is 4.72 Å². The van der Waals surface area contributed by atoms with E-state index in [9.17, 15) is 13.2 Å². The Labute approximate surface area is 123 Å². The minimum atomic E-state index is -4.04. The third-order valence-corrected chi connectivity index (χ3v) is 4.38. The van der Waals surface area contributed by atoms with Gasteiger partial charge in [0.15, 0.2) is 5.25 Å². The summed E-state index contributed by atoms with van der Waals surface area (Å²) in [5, 5.41) is 7.25. The van der Waals surface area contributed by atoms with Crippen LogP contribution in [0.2, 0.25) is 0 Å². The summed E-state index contributed by atoms with van der Waals surface area (Å²) in [5.41, 5.74) is 1.08. The summed E-state index contributed by atoms with van der Waals surface area (Å²) < 4.78 is 36.4. The second-order valence-electron chi connectivity index (χ2n) is 4.47. The standard InChI is InChI=1S/C13H19NO6S/c1-9-4-5-11(12(8-9)20-7-6-19-3)14-21(17,18)10(2)13(15)16/h4-5,8,10,14H,6-7H2,1-3H3,(H,15,16). The van der Waals surface area contributed by atoms with Gasteiger partial charge in [-0.05, 0) is 31.5 Å².